The third kappa shape index (κ3) is 4.07. The second kappa shape index (κ2) is 7.96. The summed E-state index contributed by atoms with van der Waals surface area (Å²) < 4.78 is 10.5. The number of ether oxygens (including phenoxy) is 2. The van der Waals surface area contributed by atoms with Gasteiger partial charge in [-0.05, 0) is 36.3 Å². The number of hydrogen-bond donors (Lipinski definition) is 0. The van der Waals surface area contributed by atoms with Crippen LogP contribution in [0.3, 0.4) is 0 Å². The van der Waals surface area contributed by atoms with Crippen LogP contribution in [0.5, 0.6) is 11.5 Å². The topological polar surface area (TPSA) is 82.4 Å². The van der Waals surface area contributed by atoms with Gasteiger partial charge in [-0.3, -0.25) is 4.79 Å². The van der Waals surface area contributed by atoms with Crippen molar-refractivity contribution in [2.75, 3.05) is 27.3 Å². The minimum atomic E-state index is 0.0400. The summed E-state index contributed by atoms with van der Waals surface area (Å²) in [5.41, 5.74) is 0.756. The fourth-order valence-electron chi connectivity index (χ4n) is 2.94. The highest BCUT2D eigenvalue weighted by atomic mass is 16.5. The van der Waals surface area contributed by atoms with Gasteiger partial charge in [-0.2, -0.15) is 4.80 Å². The molecule has 2 heterocycles. The molecule has 1 aromatic heterocycles. The van der Waals surface area contributed by atoms with Crippen molar-refractivity contribution in [3.8, 4) is 22.9 Å². The molecule has 134 valence electrons. The Bertz CT molecular complexity index is 723. The van der Waals surface area contributed by atoms with E-state index in [4.69, 9.17) is 9.47 Å². The van der Waals surface area contributed by atoms with Gasteiger partial charge >= 0.3 is 0 Å². The van der Waals surface area contributed by atoms with Crippen LogP contribution in [0.4, 0.5) is 0 Å². The summed E-state index contributed by atoms with van der Waals surface area (Å²) in [7, 11) is 3.16. The largest absolute Gasteiger partial charge is 0.493 e. The van der Waals surface area contributed by atoms with E-state index in [1.807, 2.05) is 11.0 Å². The predicted octanol–water partition coefficient (Wildman–Crippen LogP) is 1.76. The number of benzene rings is 1. The summed E-state index contributed by atoms with van der Waals surface area (Å²) in [4.78, 5) is 15.7. The van der Waals surface area contributed by atoms with Crippen LogP contribution in [0.15, 0.2) is 18.2 Å². The molecule has 1 aromatic carbocycles. The maximum Gasteiger partial charge on any atom is 0.246 e. The number of nitrogens with zero attached hydrogens (tertiary/aromatic N) is 5. The molecule has 3 rings (SSSR count). The molecule has 1 aliphatic rings. The molecule has 0 unspecified atom stereocenters. The summed E-state index contributed by atoms with van der Waals surface area (Å²) in [5.74, 6) is 1.72. The van der Waals surface area contributed by atoms with E-state index in [2.05, 4.69) is 15.4 Å². The highest BCUT2D eigenvalue weighted by Gasteiger charge is 2.18. The van der Waals surface area contributed by atoms with E-state index in [1.165, 1.54) is 17.6 Å². The van der Waals surface area contributed by atoms with Gasteiger partial charge in [-0.25, -0.2) is 0 Å². The monoisotopic (exact) mass is 345 g/mol. The first-order valence-electron chi connectivity index (χ1n) is 8.49. The minimum Gasteiger partial charge on any atom is -0.493 e. The molecule has 0 bridgehead atoms. The molecular weight excluding hydrogens is 322 g/mol. The smallest absolute Gasteiger partial charge is 0.246 e. The Kier molecular flexibility index (Phi) is 5.47. The maximum atomic E-state index is 12.4. The van der Waals surface area contributed by atoms with Crippen molar-refractivity contribution >= 4 is 5.91 Å². The van der Waals surface area contributed by atoms with Gasteiger partial charge in [-0.15, -0.1) is 10.2 Å². The molecule has 1 saturated heterocycles. The van der Waals surface area contributed by atoms with Gasteiger partial charge in [0.1, 0.15) is 6.54 Å². The van der Waals surface area contributed by atoms with Crippen LogP contribution in [-0.2, 0) is 11.3 Å². The van der Waals surface area contributed by atoms with Crippen molar-refractivity contribution in [1.29, 1.82) is 0 Å². The van der Waals surface area contributed by atoms with Gasteiger partial charge in [0.2, 0.25) is 11.7 Å². The average Bonchev–Trinajstić information content (AvgIpc) is 2.93. The lowest BCUT2D eigenvalue weighted by atomic mass is 10.2. The highest BCUT2D eigenvalue weighted by molar-refractivity contribution is 5.75. The van der Waals surface area contributed by atoms with Crippen LogP contribution in [0.25, 0.3) is 11.4 Å². The number of likely N-dealkylation sites (tertiary alicyclic amines) is 1. The first-order chi connectivity index (χ1) is 12.2. The van der Waals surface area contributed by atoms with E-state index in [0.717, 1.165) is 31.5 Å². The normalized spacial score (nSPS) is 14.9. The Morgan fingerprint density at radius 2 is 1.80 bits per heavy atom. The third-order valence-corrected chi connectivity index (χ3v) is 4.33. The van der Waals surface area contributed by atoms with Crippen molar-refractivity contribution in [2.45, 2.75) is 32.2 Å². The fourth-order valence-corrected chi connectivity index (χ4v) is 2.94. The van der Waals surface area contributed by atoms with Crippen molar-refractivity contribution < 1.29 is 14.3 Å². The molecule has 0 atom stereocenters. The standard InChI is InChI=1S/C17H23N5O3/c1-24-14-8-7-13(11-15(14)25-2)17-18-20-22(19-17)12-16(23)21-9-5-3-4-6-10-21/h7-8,11H,3-6,9-10,12H2,1-2H3. The lowest BCUT2D eigenvalue weighted by Crippen LogP contribution is -2.35. The highest BCUT2D eigenvalue weighted by Crippen LogP contribution is 2.30. The summed E-state index contributed by atoms with van der Waals surface area (Å²) in [6.07, 6.45) is 4.50. The Hall–Kier alpha value is -2.64. The van der Waals surface area contributed by atoms with Gasteiger partial charge in [0.15, 0.2) is 11.5 Å². The Labute approximate surface area is 146 Å². The molecule has 1 amide bonds. The van der Waals surface area contributed by atoms with Crippen molar-refractivity contribution in [3.05, 3.63) is 18.2 Å². The first-order valence-corrected chi connectivity index (χ1v) is 8.49. The molecule has 1 aliphatic heterocycles. The quantitative estimate of drug-likeness (QED) is 0.821. The summed E-state index contributed by atoms with van der Waals surface area (Å²) in [6.45, 7) is 1.74. The number of hydrogen-bond acceptors (Lipinski definition) is 6. The second-order valence-electron chi connectivity index (χ2n) is 6.01. The molecule has 0 radical (unpaired) electrons. The summed E-state index contributed by atoms with van der Waals surface area (Å²) in [6, 6.07) is 5.41. The van der Waals surface area contributed by atoms with E-state index >= 15 is 0 Å². The Morgan fingerprint density at radius 1 is 1.08 bits per heavy atom. The van der Waals surface area contributed by atoms with Crippen molar-refractivity contribution in [1.82, 2.24) is 25.1 Å². The molecular formula is C17H23N5O3. The zero-order chi connectivity index (χ0) is 17.6. The average molecular weight is 345 g/mol. The fraction of sp³-hybridized carbons (Fsp3) is 0.529. The number of tetrazole rings is 1. The van der Waals surface area contributed by atoms with Crippen LogP contribution in [0.2, 0.25) is 0 Å². The Balaban J connectivity index is 1.70. The molecule has 0 spiro atoms. The SMILES string of the molecule is COc1ccc(-c2nnn(CC(=O)N3CCCCCC3)n2)cc1OC. The number of carbonyl (C=O) groups is 1. The molecule has 1 fully saturated rings. The van der Waals surface area contributed by atoms with E-state index in [9.17, 15) is 4.79 Å². The molecule has 8 heteroatoms. The lowest BCUT2D eigenvalue weighted by Gasteiger charge is -2.19. The van der Waals surface area contributed by atoms with E-state index in [-0.39, 0.29) is 12.5 Å². The van der Waals surface area contributed by atoms with E-state index in [1.54, 1.807) is 26.4 Å². The second-order valence-corrected chi connectivity index (χ2v) is 6.01. The summed E-state index contributed by atoms with van der Waals surface area (Å²) >= 11 is 0. The molecule has 0 aliphatic carbocycles. The zero-order valence-electron chi connectivity index (χ0n) is 14.6. The van der Waals surface area contributed by atoms with Crippen molar-refractivity contribution in [2.24, 2.45) is 0 Å². The van der Waals surface area contributed by atoms with Crippen LogP contribution in [0.1, 0.15) is 25.7 Å². The zero-order valence-corrected chi connectivity index (χ0v) is 14.6. The summed E-state index contributed by atoms with van der Waals surface area (Å²) in [5, 5.41) is 12.4. The van der Waals surface area contributed by atoms with Crippen LogP contribution < -0.4 is 9.47 Å². The molecule has 2 aromatic rings. The van der Waals surface area contributed by atoms with Crippen LogP contribution in [0, 0.1) is 0 Å². The minimum absolute atomic E-state index is 0.0400. The van der Waals surface area contributed by atoms with Gasteiger partial charge < -0.3 is 14.4 Å². The van der Waals surface area contributed by atoms with Gasteiger partial charge in [0, 0.05) is 18.7 Å². The van der Waals surface area contributed by atoms with Gasteiger partial charge in [-0.1, -0.05) is 12.8 Å². The number of amides is 1. The van der Waals surface area contributed by atoms with Crippen LogP contribution >= 0.6 is 0 Å². The van der Waals surface area contributed by atoms with Gasteiger partial charge in [0.25, 0.3) is 0 Å². The number of methoxy groups -OCH3 is 2. The van der Waals surface area contributed by atoms with Crippen LogP contribution in [-0.4, -0.2) is 58.3 Å². The van der Waals surface area contributed by atoms with E-state index < -0.39 is 0 Å². The molecule has 8 nitrogen and oxygen atoms in total. The van der Waals surface area contributed by atoms with Gasteiger partial charge in [0.05, 0.1) is 14.2 Å². The number of carbonyl (C=O) groups excluding carboxylic acids is 1. The molecule has 0 saturated carbocycles. The lowest BCUT2D eigenvalue weighted by molar-refractivity contribution is -0.132. The first kappa shape index (κ1) is 17.2. The predicted molar refractivity (Wildman–Crippen MR) is 91.4 cm³/mol. The third-order valence-electron chi connectivity index (χ3n) is 4.33. The molecule has 25 heavy (non-hydrogen) atoms. The number of rotatable bonds is 5. The van der Waals surface area contributed by atoms with E-state index in [0.29, 0.717) is 17.3 Å². The van der Waals surface area contributed by atoms with Crippen molar-refractivity contribution in [3.63, 3.8) is 0 Å². The maximum absolute atomic E-state index is 12.4. The Morgan fingerprint density at radius 3 is 2.48 bits per heavy atom. The molecule has 0 N–H and O–H groups in total. The number of aromatic nitrogens is 4.